The van der Waals surface area contributed by atoms with Gasteiger partial charge in [0.05, 0.1) is 17.6 Å². The van der Waals surface area contributed by atoms with Crippen LogP contribution < -0.4 is 5.32 Å². The lowest BCUT2D eigenvalue weighted by Gasteiger charge is -2.00. The van der Waals surface area contributed by atoms with Crippen molar-refractivity contribution in [2.75, 3.05) is 5.32 Å². The highest BCUT2D eigenvalue weighted by Gasteiger charge is 1.96. The molecule has 3 nitrogen and oxygen atoms in total. The van der Waals surface area contributed by atoms with Crippen molar-refractivity contribution < 1.29 is 9.18 Å². The molecule has 1 N–H and O–H groups in total. The molecule has 0 bridgehead atoms. The van der Waals surface area contributed by atoms with Crippen LogP contribution in [0, 0.1) is 0 Å². The summed E-state index contributed by atoms with van der Waals surface area (Å²) < 4.78 is 12.0. The molecule has 0 atom stereocenters. The van der Waals surface area contributed by atoms with Gasteiger partial charge in [-0.25, -0.2) is 4.39 Å². The molecule has 64 valence electrons. The van der Waals surface area contributed by atoms with Crippen LogP contribution in [0.2, 0.25) is 0 Å². The number of aromatic nitrogens is 1. The quantitative estimate of drug-likeness (QED) is 0.727. The van der Waals surface area contributed by atoms with Gasteiger partial charge in [0, 0.05) is 6.92 Å². The van der Waals surface area contributed by atoms with Gasteiger partial charge < -0.3 is 5.32 Å². The summed E-state index contributed by atoms with van der Waals surface area (Å²) in [6.07, 6.45) is 1.43. The average molecular weight is 168 g/mol. The highest BCUT2D eigenvalue weighted by atomic mass is 19.1. The molecular formula is C8H9FN2O. The minimum atomic E-state index is -0.583. The van der Waals surface area contributed by atoms with Crippen molar-refractivity contribution in [2.45, 2.75) is 13.6 Å². The summed E-state index contributed by atoms with van der Waals surface area (Å²) in [5.74, 6) is -0.162. The number of hydrogen-bond acceptors (Lipinski definition) is 2. The van der Waals surface area contributed by atoms with Crippen LogP contribution in [0.5, 0.6) is 0 Å². The summed E-state index contributed by atoms with van der Waals surface area (Å²) in [5, 5.41) is 2.53. The van der Waals surface area contributed by atoms with Crippen molar-refractivity contribution in [3.05, 3.63) is 24.0 Å². The van der Waals surface area contributed by atoms with E-state index in [1.54, 1.807) is 6.07 Å². The van der Waals surface area contributed by atoms with Crippen molar-refractivity contribution >= 4 is 11.6 Å². The second-order valence-electron chi connectivity index (χ2n) is 2.35. The van der Waals surface area contributed by atoms with Gasteiger partial charge in [0.15, 0.2) is 0 Å². The summed E-state index contributed by atoms with van der Waals surface area (Å²) in [4.78, 5) is 14.3. The molecule has 0 aliphatic rings. The van der Waals surface area contributed by atoms with Gasteiger partial charge in [0.2, 0.25) is 5.91 Å². The molecule has 1 heterocycles. The van der Waals surface area contributed by atoms with E-state index in [1.807, 2.05) is 0 Å². The maximum Gasteiger partial charge on any atom is 0.221 e. The van der Waals surface area contributed by atoms with Crippen LogP contribution in [0.15, 0.2) is 18.3 Å². The van der Waals surface area contributed by atoms with Gasteiger partial charge in [-0.1, -0.05) is 0 Å². The number of rotatable bonds is 2. The zero-order chi connectivity index (χ0) is 8.97. The Kier molecular flexibility index (Phi) is 2.74. The van der Waals surface area contributed by atoms with Crippen molar-refractivity contribution in [1.82, 2.24) is 4.98 Å². The standard InChI is InChI=1S/C8H9FN2O/c1-6(12)11-8-3-2-7(4-9)10-5-8/h2-3,5H,4H2,1H3,(H,11,12). The summed E-state index contributed by atoms with van der Waals surface area (Å²) in [7, 11) is 0. The summed E-state index contributed by atoms with van der Waals surface area (Å²) in [6.45, 7) is 0.823. The smallest absolute Gasteiger partial charge is 0.221 e. The van der Waals surface area contributed by atoms with Crippen LogP contribution in [0.3, 0.4) is 0 Å². The highest BCUT2D eigenvalue weighted by Crippen LogP contribution is 2.06. The SMILES string of the molecule is CC(=O)Nc1ccc(CF)nc1. The fourth-order valence-corrected chi connectivity index (χ4v) is 0.781. The Morgan fingerprint density at radius 3 is 2.83 bits per heavy atom. The molecule has 4 heteroatoms. The van der Waals surface area contributed by atoms with Crippen LogP contribution in [0.4, 0.5) is 10.1 Å². The minimum Gasteiger partial charge on any atom is -0.325 e. The molecule has 0 spiro atoms. The summed E-state index contributed by atoms with van der Waals surface area (Å²) in [5.41, 5.74) is 0.948. The molecular weight excluding hydrogens is 159 g/mol. The molecule has 0 aromatic carbocycles. The Hall–Kier alpha value is -1.45. The molecule has 0 fully saturated rings. The first-order valence-corrected chi connectivity index (χ1v) is 3.51. The molecule has 0 radical (unpaired) electrons. The number of pyridine rings is 1. The van der Waals surface area contributed by atoms with E-state index in [0.29, 0.717) is 11.4 Å². The number of nitrogens with one attached hydrogen (secondary N) is 1. The van der Waals surface area contributed by atoms with Gasteiger partial charge in [0.1, 0.15) is 6.67 Å². The molecule has 1 rings (SSSR count). The maximum atomic E-state index is 12.0. The Morgan fingerprint density at radius 1 is 1.67 bits per heavy atom. The van der Waals surface area contributed by atoms with E-state index in [4.69, 9.17) is 0 Å². The average Bonchev–Trinajstić information content (AvgIpc) is 2.05. The molecule has 12 heavy (non-hydrogen) atoms. The van der Waals surface area contributed by atoms with Crippen molar-refractivity contribution in [3.8, 4) is 0 Å². The van der Waals surface area contributed by atoms with Crippen LogP contribution in [-0.4, -0.2) is 10.9 Å². The molecule has 0 unspecified atom stereocenters. The summed E-state index contributed by atoms with van der Waals surface area (Å²) in [6, 6.07) is 3.15. The molecule has 1 aromatic heterocycles. The zero-order valence-electron chi connectivity index (χ0n) is 6.67. The third-order valence-corrected chi connectivity index (χ3v) is 1.28. The first kappa shape index (κ1) is 8.64. The highest BCUT2D eigenvalue weighted by molar-refractivity contribution is 5.88. The van der Waals surface area contributed by atoms with Gasteiger partial charge in [-0.3, -0.25) is 9.78 Å². The first-order chi connectivity index (χ1) is 5.72. The number of anilines is 1. The monoisotopic (exact) mass is 168 g/mol. The molecule has 0 saturated heterocycles. The van der Waals surface area contributed by atoms with E-state index in [0.717, 1.165) is 0 Å². The van der Waals surface area contributed by atoms with E-state index >= 15 is 0 Å². The third kappa shape index (κ3) is 2.30. The van der Waals surface area contributed by atoms with Gasteiger partial charge in [-0.05, 0) is 12.1 Å². The molecule has 0 saturated carbocycles. The van der Waals surface area contributed by atoms with Gasteiger partial charge >= 0.3 is 0 Å². The largest absolute Gasteiger partial charge is 0.325 e. The number of alkyl halides is 1. The normalized spacial score (nSPS) is 9.50. The van der Waals surface area contributed by atoms with E-state index in [1.165, 1.54) is 19.2 Å². The zero-order valence-corrected chi connectivity index (χ0v) is 6.67. The number of hydrogen-bond donors (Lipinski definition) is 1. The topological polar surface area (TPSA) is 42.0 Å². The Balaban J connectivity index is 2.71. The minimum absolute atomic E-state index is 0.162. The van der Waals surface area contributed by atoms with Crippen molar-refractivity contribution in [2.24, 2.45) is 0 Å². The van der Waals surface area contributed by atoms with Crippen LogP contribution in [0.25, 0.3) is 0 Å². The predicted octanol–water partition coefficient (Wildman–Crippen LogP) is 1.51. The van der Waals surface area contributed by atoms with E-state index in [-0.39, 0.29) is 5.91 Å². The number of nitrogens with zero attached hydrogens (tertiary/aromatic N) is 1. The molecule has 1 aromatic rings. The van der Waals surface area contributed by atoms with Gasteiger partial charge in [0.25, 0.3) is 0 Å². The van der Waals surface area contributed by atoms with Crippen molar-refractivity contribution in [3.63, 3.8) is 0 Å². The molecule has 0 aliphatic carbocycles. The second-order valence-corrected chi connectivity index (χ2v) is 2.35. The Morgan fingerprint density at radius 2 is 2.42 bits per heavy atom. The summed E-state index contributed by atoms with van der Waals surface area (Å²) >= 11 is 0. The molecule has 1 amide bonds. The number of amides is 1. The second kappa shape index (κ2) is 3.80. The fraction of sp³-hybridized carbons (Fsp3) is 0.250. The van der Waals surface area contributed by atoms with E-state index < -0.39 is 6.67 Å². The lowest BCUT2D eigenvalue weighted by Crippen LogP contribution is -2.05. The Labute approximate surface area is 69.6 Å². The van der Waals surface area contributed by atoms with E-state index in [2.05, 4.69) is 10.3 Å². The van der Waals surface area contributed by atoms with Gasteiger partial charge in [-0.2, -0.15) is 0 Å². The lowest BCUT2D eigenvalue weighted by molar-refractivity contribution is -0.114. The van der Waals surface area contributed by atoms with Crippen LogP contribution in [-0.2, 0) is 11.5 Å². The first-order valence-electron chi connectivity index (χ1n) is 3.51. The maximum absolute atomic E-state index is 12.0. The van der Waals surface area contributed by atoms with Crippen LogP contribution >= 0.6 is 0 Å². The fourth-order valence-electron chi connectivity index (χ4n) is 0.781. The third-order valence-electron chi connectivity index (χ3n) is 1.28. The number of carbonyl (C=O) groups is 1. The van der Waals surface area contributed by atoms with Gasteiger partial charge in [-0.15, -0.1) is 0 Å². The lowest BCUT2D eigenvalue weighted by atomic mass is 10.3. The molecule has 0 aliphatic heterocycles. The van der Waals surface area contributed by atoms with Crippen molar-refractivity contribution in [1.29, 1.82) is 0 Å². The Bertz CT molecular complexity index is 271. The predicted molar refractivity (Wildman–Crippen MR) is 43.4 cm³/mol. The number of halogens is 1. The number of carbonyl (C=O) groups excluding carboxylic acids is 1. The van der Waals surface area contributed by atoms with Crippen LogP contribution in [0.1, 0.15) is 12.6 Å². The van der Waals surface area contributed by atoms with E-state index in [9.17, 15) is 9.18 Å².